The van der Waals surface area contributed by atoms with Crippen molar-refractivity contribution in [3.05, 3.63) is 35.0 Å². The summed E-state index contributed by atoms with van der Waals surface area (Å²) in [5, 5.41) is 7.92. The third-order valence-electron chi connectivity index (χ3n) is 2.01. The highest BCUT2D eigenvalue weighted by atomic mass is 35.5. The number of amides is 1. The fourth-order valence-corrected chi connectivity index (χ4v) is 1.36. The number of carbonyl (C=O) groups excluding carboxylic acids is 1. The first-order valence-electron chi connectivity index (χ1n) is 4.36. The number of halogens is 1. The van der Waals surface area contributed by atoms with E-state index in [1.54, 1.807) is 24.3 Å². The van der Waals surface area contributed by atoms with Crippen LogP contribution in [0.4, 0.5) is 5.82 Å². The maximum Gasteiger partial charge on any atom is 0.273 e. The molecule has 1 amide bonds. The van der Waals surface area contributed by atoms with E-state index in [1.165, 1.54) is 4.68 Å². The van der Waals surface area contributed by atoms with E-state index in [1.807, 2.05) is 0 Å². The number of anilines is 1. The normalized spacial score (nSPS) is 10.3. The van der Waals surface area contributed by atoms with Crippen molar-refractivity contribution in [1.29, 1.82) is 0 Å². The molecule has 0 aliphatic rings. The molecule has 0 atom stereocenters. The number of hydrogen-bond acceptors (Lipinski definition) is 4. The third-order valence-corrected chi connectivity index (χ3v) is 2.26. The summed E-state index contributed by atoms with van der Waals surface area (Å²) in [6.45, 7) is 0. The van der Waals surface area contributed by atoms with Gasteiger partial charge in [-0.15, -0.1) is 5.10 Å². The van der Waals surface area contributed by atoms with Gasteiger partial charge in [0.05, 0.1) is 5.69 Å². The highest BCUT2D eigenvalue weighted by molar-refractivity contribution is 6.30. The Hall–Kier alpha value is -2.08. The predicted molar refractivity (Wildman–Crippen MR) is 59.3 cm³/mol. The fourth-order valence-electron chi connectivity index (χ4n) is 1.24. The molecular formula is C9H8ClN5O. The maximum absolute atomic E-state index is 10.9. The lowest BCUT2D eigenvalue weighted by Crippen LogP contribution is -2.14. The van der Waals surface area contributed by atoms with Crippen LogP contribution in [0.25, 0.3) is 5.69 Å². The van der Waals surface area contributed by atoms with Crippen molar-refractivity contribution in [3.63, 3.8) is 0 Å². The van der Waals surface area contributed by atoms with Crippen LogP contribution in [0.5, 0.6) is 0 Å². The molecule has 0 saturated heterocycles. The topological polar surface area (TPSA) is 99.8 Å². The van der Waals surface area contributed by atoms with Gasteiger partial charge in [0.15, 0.2) is 11.5 Å². The first-order chi connectivity index (χ1) is 7.59. The maximum atomic E-state index is 10.9. The molecule has 0 aliphatic carbocycles. The first kappa shape index (κ1) is 10.4. The number of aromatic nitrogens is 3. The van der Waals surface area contributed by atoms with Crippen LogP contribution in [0.15, 0.2) is 24.3 Å². The first-order valence-corrected chi connectivity index (χ1v) is 4.74. The number of rotatable bonds is 2. The molecule has 16 heavy (non-hydrogen) atoms. The summed E-state index contributed by atoms with van der Waals surface area (Å²) in [6, 6.07) is 6.78. The van der Waals surface area contributed by atoms with Gasteiger partial charge in [0.25, 0.3) is 5.91 Å². The van der Waals surface area contributed by atoms with Crippen molar-refractivity contribution >= 4 is 23.3 Å². The fraction of sp³-hybridized carbons (Fsp3) is 0. The van der Waals surface area contributed by atoms with Crippen LogP contribution >= 0.6 is 11.6 Å². The monoisotopic (exact) mass is 237 g/mol. The lowest BCUT2D eigenvalue weighted by Gasteiger charge is -2.02. The van der Waals surface area contributed by atoms with E-state index in [4.69, 9.17) is 23.1 Å². The minimum Gasteiger partial charge on any atom is -0.382 e. The Balaban J connectivity index is 2.49. The second-order valence-electron chi connectivity index (χ2n) is 3.08. The van der Waals surface area contributed by atoms with E-state index in [0.717, 1.165) is 0 Å². The Kier molecular flexibility index (Phi) is 2.49. The van der Waals surface area contributed by atoms with Gasteiger partial charge in [-0.1, -0.05) is 16.8 Å². The van der Waals surface area contributed by atoms with E-state index < -0.39 is 5.91 Å². The summed E-state index contributed by atoms with van der Waals surface area (Å²) in [5.41, 5.74) is 11.4. The Morgan fingerprint density at radius 2 is 1.94 bits per heavy atom. The molecule has 0 saturated carbocycles. The molecular weight excluding hydrogens is 230 g/mol. The van der Waals surface area contributed by atoms with Crippen LogP contribution in [-0.2, 0) is 0 Å². The number of nitrogens with zero attached hydrogens (tertiary/aromatic N) is 3. The van der Waals surface area contributed by atoms with Crippen molar-refractivity contribution in [3.8, 4) is 5.69 Å². The van der Waals surface area contributed by atoms with E-state index in [0.29, 0.717) is 10.7 Å². The zero-order valence-corrected chi connectivity index (χ0v) is 8.85. The SMILES string of the molecule is NC(=O)c1nnn(-c2ccc(Cl)cc2)c1N. The quantitative estimate of drug-likeness (QED) is 0.799. The summed E-state index contributed by atoms with van der Waals surface area (Å²) in [7, 11) is 0. The van der Waals surface area contributed by atoms with Gasteiger partial charge in [0.1, 0.15) is 0 Å². The minimum atomic E-state index is -0.710. The second-order valence-corrected chi connectivity index (χ2v) is 3.51. The molecule has 2 aromatic rings. The number of hydrogen-bond donors (Lipinski definition) is 2. The van der Waals surface area contributed by atoms with Crippen LogP contribution in [-0.4, -0.2) is 20.9 Å². The molecule has 7 heteroatoms. The van der Waals surface area contributed by atoms with E-state index in [2.05, 4.69) is 10.3 Å². The predicted octanol–water partition coefficient (Wildman–Crippen LogP) is 0.602. The smallest absolute Gasteiger partial charge is 0.273 e. The lowest BCUT2D eigenvalue weighted by atomic mass is 10.3. The molecule has 0 bridgehead atoms. The highest BCUT2D eigenvalue weighted by Crippen LogP contribution is 2.16. The van der Waals surface area contributed by atoms with Gasteiger partial charge in [0.2, 0.25) is 0 Å². The zero-order valence-electron chi connectivity index (χ0n) is 8.09. The second kappa shape index (κ2) is 3.82. The zero-order chi connectivity index (χ0) is 11.7. The number of nitrogen functional groups attached to an aromatic ring is 1. The van der Waals surface area contributed by atoms with Crippen molar-refractivity contribution in [2.24, 2.45) is 5.73 Å². The Morgan fingerprint density at radius 3 is 2.44 bits per heavy atom. The van der Waals surface area contributed by atoms with Crippen molar-refractivity contribution in [2.45, 2.75) is 0 Å². The summed E-state index contributed by atoms with van der Waals surface area (Å²) < 4.78 is 1.32. The molecule has 0 spiro atoms. The molecule has 1 aromatic heterocycles. The van der Waals surface area contributed by atoms with Gasteiger partial charge in [-0.05, 0) is 24.3 Å². The Bertz CT molecular complexity index is 533. The molecule has 0 radical (unpaired) electrons. The summed E-state index contributed by atoms with van der Waals surface area (Å²) >= 11 is 5.74. The third kappa shape index (κ3) is 1.70. The van der Waals surface area contributed by atoms with Crippen LogP contribution in [0.2, 0.25) is 5.02 Å². The number of carbonyl (C=O) groups is 1. The Labute approximate surface area is 95.8 Å². The molecule has 0 aliphatic heterocycles. The molecule has 0 fully saturated rings. The number of benzene rings is 1. The minimum absolute atomic E-state index is 0.0463. The Morgan fingerprint density at radius 1 is 1.31 bits per heavy atom. The van der Waals surface area contributed by atoms with Crippen molar-refractivity contribution in [2.75, 3.05) is 5.73 Å². The van der Waals surface area contributed by atoms with Crippen LogP contribution in [0, 0.1) is 0 Å². The van der Waals surface area contributed by atoms with Gasteiger partial charge in [-0.3, -0.25) is 4.79 Å². The average Bonchev–Trinajstić information content (AvgIpc) is 2.61. The van der Waals surface area contributed by atoms with Gasteiger partial charge >= 0.3 is 0 Å². The average molecular weight is 238 g/mol. The summed E-state index contributed by atoms with van der Waals surface area (Å²) in [6.07, 6.45) is 0. The van der Waals surface area contributed by atoms with E-state index >= 15 is 0 Å². The van der Waals surface area contributed by atoms with Gasteiger partial charge < -0.3 is 11.5 Å². The van der Waals surface area contributed by atoms with Crippen LogP contribution in [0.3, 0.4) is 0 Å². The largest absolute Gasteiger partial charge is 0.382 e. The molecule has 1 aromatic carbocycles. The van der Waals surface area contributed by atoms with Crippen molar-refractivity contribution < 1.29 is 4.79 Å². The lowest BCUT2D eigenvalue weighted by molar-refractivity contribution is 0.0996. The van der Waals surface area contributed by atoms with Gasteiger partial charge in [-0.25, -0.2) is 0 Å². The van der Waals surface area contributed by atoms with Crippen LogP contribution in [0.1, 0.15) is 10.5 Å². The molecule has 1 heterocycles. The summed E-state index contributed by atoms with van der Waals surface area (Å²) in [5.74, 6) is -0.604. The summed E-state index contributed by atoms with van der Waals surface area (Å²) in [4.78, 5) is 10.9. The highest BCUT2D eigenvalue weighted by Gasteiger charge is 2.15. The van der Waals surface area contributed by atoms with Crippen LogP contribution < -0.4 is 11.5 Å². The molecule has 82 valence electrons. The number of primary amides is 1. The number of nitrogens with two attached hydrogens (primary N) is 2. The standard InChI is InChI=1S/C9H8ClN5O/c10-5-1-3-6(4-2-5)15-8(11)7(9(12)16)13-14-15/h1-4H,11H2,(H2,12,16). The van der Waals surface area contributed by atoms with Crippen molar-refractivity contribution in [1.82, 2.24) is 15.0 Å². The van der Waals surface area contributed by atoms with Gasteiger partial charge in [0, 0.05) is 5.02 Å². The molecule has 6 nitrogen and oxygen atoms in total. The van der Waals surface area contributed by atoms with E-state index in [-0.39, 0.29) is 11.5 Å². The molecule has 2 rings (SSSR count). The van der Waals surface area contributed by atoms with Gasteiger partial charge in [-0.2, -0.15) is 4.68 Å². The molecule has 0 unspecified atom stereocenters. The molecule has 4 N–H and O–H groups in total. The van der Waals surface area contributed by atoms with E-state index in [9.17, 15) is 4.79 Å².